The topological polar surface area (TPSA) is 4.93 Å². The third-order valence-electron chi connectivity index (χ3n) is 4.35. The molecule has 0 saturated heterocycles. The minimum Gasteiger partial charge on any atom is -0.344 e. The van der Waals surface area contributed by atoms with Gasteiger partial charge in [-0.15, -0.1) is 0 Å². The molecular formula is C27H39NS. The number of hydrogen-bond donors (Lipinski definition) is 0. The first-order valence-electron chi connectivity index (χ1n) is 10.9. The lowest BCUT2D eigenvalue weighted by Crippen LogP contribution is -2.00. The number of aryl methyl sites for hydroxylation is 1. The van der Waals surface area contributed by atoms with Crippen LogP contribution in [0.4, 0.5) is 0 Å². The molecular weight excluding hydrogens is 370 g/mol. The molecule has 1 aromatic carbocycles. The standard InChI is InChI=1S/C24H31NS.C3H8/c1-7-10-16-23(26-18(4)5)21(13-8-2)24-19(6)25(17-9-3)22-15-12-11-14-20(22)24;1-3-2/h7,10-16H,4,8-9,17H2,1-3,5-6H3;3H2,1-2H3/b10-7-,21-13+,23-16-;. The largest absolute Gasteiger partial charge is 0.344 e. The van der Waals surface area contributed by atoms with E-state index in [9.17, 15) is 0 Å². The van der Waals surface area contributed by atoms with Crippen molar-refractivity contribution in [1.29, 1.82) is 0 Å². The summed E-state index contributed by atoms with van der Waals surface area (Å²) < 4.78 is 2.47. The minimum absolute atomic E-state index is 1.01. The number of allylic oxidation sites excluding steroid dienone is 6. The van der Waals surface area contributed by atoms with Gasteiger partial charge >= 0.3 is 0 Å². The van der Waals surface area contributed by atoms with Crippen LogP contribution in [0.1, 0.15) is 72.1 Å². The van der Waals surface area contributed by atoms with Gasteiger partial charge in [0.05, 0.1) is 0 Å². The quantitative estimate of drug-likeness (QED) is 0.393. The maximum absolute atomic E-state index is 4.12. The SMILES string of the molecule is C=C(C)SC(=C\C=C/C)/C(=C\CC)c1c(C)n(CCC)c2ccccc12.CCC. The fourth-order valence-electron chi connectivity index (χ4n) is 3.36. The van der Waals surface area contributed by atoms with Crippen LogP contribution in [0, 0.1) is 6.92 Å². The van der Waals surface area contributed by atoms with Crippen LogP contribution in [0.2, 0.25) is 0 Å². The van der Waals surface area contributed by atoms with Crippen LogP contribution in [0.5, 0.6) is 0 Å². The maximum atomic E-state index is 4.12. The van der Waals surface area contributed by atoms with Gasteiger partial charge in [-0.1, -0.05) is 88.9 Å². The van der Waals surface area contributed by atoms with Crippen molar-refractivity contribution in [2.45, 2.75) is 74.3 Å². The molecule has 0 saturated carbocycles. The first-order valence-corrected chi connectivity index (χ1v) is 11.7. The molecule has 0 aliphatic carbocycles. The average Bonchev–Trinajstić information content (AvgIpc) is 2.96. The van der Waals surface area contributed by atoms with E-state index < -0.39 is 0 Å². The van der Waals surface area contributed by atoms with Crippen LogP contribution in [0.3, 0.4) is 0 Å². The molecule has 1 aromatic heterocycles. The molecule has 2 rings (SSSR count). The van der Waals surface area contributed by atoms with Gasteiger partial charge in [-0.05, 0) is 56.2 Å². The summed E-state index contributed by atoms with van der Waals surface area (Å²) >= 11 is 1.76. The number of rotatable bonds is 8. The van der Waals surface area contributed by atoms with E-state index in [1.54, 1.807) is 11.8 Å². The Bertz CT molecular complexity index is 877. The van der Waals surface area contributed by atoms with Gasteiger partial charge in [-0.25, -0.2) is 0 Å². The van der Waals surface area contributed by atoms with Crippen molar-refractivity contribution < 1.29 is 0 Å². The highest BCUT2D eigenvalue weighted by Gasteiger charge is 2.19. The van der Waals surface area contributed by atoms with Crippen molar-refractivity contribution in [3.63, 3.8) is 0 Å². The Balaban J connectivity index is 0.00000132. The monoisotopic (exact) mass is 409 g/mol. The molecule has 2 heteroatoms. The fourth-order valence-corrected chi connectivity index (χ4v) is 4.18. The van der Waals surface area contributed by atoms with Crippen molar-refractivity contribution in [3.8, 4) is 0 Å². The van der Waals surface area contributed by atoms with E-state index in [-0.39, 0.29) is 0 Å². The summed E-state index contributed by atoms with van der Waals surface area (Å²) in [6.45, 7) is 20.3. The summed E-state index contributed by atoms with van der Waals surface area (Å²) in [6, 6.07) is 8.78. The lowest BCUT2D eigenvalue weighted by molar-refractivity contribution is 0.685. The zero-order valence-electron chi connectivity index (χ0n) is 19.5. The normalized spacial score (nSPS) is 12.4. The predicted molar refractivity (Wildman–Crippen MR) is 137 cm³/mol. The van der Waals surface area contributed by atoms with Crippen LogP contribution in [0.15, 0.2) is 65.0 Å². The Hall–Kier alpha value is -1.93. The van der Waals surface area contributed by atoms with E-state index in [0.717, 1.165) is 24.3 Å². The van der Waals surface area contributed by atoms with E-state index in [2.05, 4.69) is 108 Å². The van der Waals surface area contributed by atoms with Gasteiger partial charge < -0.3 is 4.57 Å². The molecule has 29 heavy (non-hydrogen) atoms. The van der Waals surface area contributed by atoms with Crippen molar-refractivity contribution in [1.82, 2.24) is 4.57 Å². The first-order chi connectivity index (χ1) is 14.0. The van der Waals surface area contributed by atoms with Crippen LogP contribution >= 0.6 is 11.8 Å². The first kappa shape index (κ1) is 25.1. The summed E-state index contributed by atoms with van der Waals surface area (Å²) in [7, 11) is 0. The van der Waals surface area contributed by atoms with E-state index in [4.69, 9.17) is 0 Å². The number of para-hydroxylation sites is 1. The van der Waals surface area contributed by atoms with Crippen LogP contribution in [0.25, 0.3) is 16.5 Å². The molecule has 158 valence electrons. The molecule has 0 fully saturated rings. The minimum atomic E-state index is 1.01. The van der Waals surface area contributed by atoms with E-state index in [1.165, 1.54) is 39.1 Å². The molecule has 0 radical (unpaired) electrons. The third-order valence-corrected chi connectivity index (χ3v) is 5.27. The van der Waals surface area contributed by atoms with Gasteiger partial charge in [0.1, 0.15) is 0 Å². The fraction of sp³-hybridized carbons (Fsp3) is 0.407. The lowest BCUT2D eigenvalue weighted by Gasteiger charge is -2.14. The highest BCUT2D eigenvalue weighted by atomic mass is 32.2. The molecule has 0 amide bonds. The zero-order chi connectivity index (χ0) is 21.8. The highest BCUT2D eigenvalue weighted by molar-refractivity contribution is 8.07. The van der Waals surface area contributed by atoms with Crippen molar-refractivity contribution in [2.75, 3.05) is 0 Å². The second kappa shape index (κ2) is 13.3. The van der Waals surface area contributed by atoms with Crippen LogP contribution < -0.4 is 0 Å². The van der Waals surface area contributed by atoms with E-state index in [0.29, 0.717) is 0 Å². The van der Waals surface area contributed by atoms with Crippen LogP contribution in [-0.4, -0.2) is 4.57 Å². The molecule has 0 N–H and O–H groups in total. The Morgan fingerprint density at radius 2 is 1.79 bits per heavy atom. The maximum Gasteiger partial charge on any atom is 0.0488 e. The summed E-state index contributed by atoms with van der Waals surface area (Å²) in [5, 5.41) is 1.34. The number of hydrogen-bond acceptors (Lipinski definition) is 1. The van der Waals surface area contributed by atoms with Crippen molar-refractivity contribution in [3.05, 3.63) is 76.2 Å². The number of aromatic nitrogens is 1. The summed E-state index contributed by atoms with van der Waals surface area (Å²) in [4.78, 5) is 2.37. The molecule has 0 spiro atoms. The van der Waals surface area contributed by atoms with Crippen LogP contribution in [-0.2, 0) is 6.54 Å². The van der Waals surface area contributed by atoms with Gasteiger partial charge in [0.25, 0.3) is 0 Å². The molecule has 2 aromatic rings. The smallest absolute Gasteiger partial charge is 0.0488 e. The Kier molecular flexibility index (Phi) is 11.5. The van der Waals surface area contributed by atoms with Gasteiger partial charge in [0.2, 0.25) is 0 Å². The highest BCUT2D eigenvalue weighted by Crippen LogP contribution is 2.41. The van der Waals surface area contributed by atoms with Gasteiger partial charge in [0, 0.05) is 33.6 Å². The molecule has 1 nitrogen and oxygen atoms in total. The number of benzene rings is 1. The second-order valence-electron chi connectivity index (χ2n) is 7.22. The Labute approximate surface area is 183 Å². The third kappa shape index (κ3) is 6.82. The summed E-state index contributed by atoms with van der Waals surface area (Å²) in [5.74, 6) is 0. The second-order valence-corrected chi connectivity index (χ2v) is 8.56. The molecule has 0 bridgehead atoms. The Morgan fingerprint density at radius 1 is 1.14 bits per heavy atom. The zero-order valence-corrected chi connectivity index (χ0v) is 20.3. The van der Waals surface area contributed by atoms with Gasteiger partial charge in [-0.2, -0.15) is 0 Å². The average molecular weight is 410 g/mol. The van der Waals surface area contributed by atoms with Gasteiger partial charge in [-0.3, -0.25) is 0 Å². The van der Waals surface area contributed by atoms with E-state index in [1.807, 2.05) is 0 Å². The van der Waals surface area contributed by atoms with Crippen molar-refractivity contribution >= 4 is 28.2 Å². The lowest BCUT2D eigenvalue weighted by atomic mass is 10.00. The number of thioether (sulfide) groups is 1. The molecule has 0 aliphatic rings. The molecule has 0 aliphatic heterocycles. The summed E-state index contributed by atoms with van der Waals surface area (Å²) in [5.41, 5.74) is 5.36. The van der Waals surface area contributed by atoms with Gasteiger partial charge in [0.15, 0.2) is 0 Å². The van der Waals surface area contributed by atoms with E-state index >= 15 is 0 Å². The molecule has 0 atom stereocenters. The van der Waals surface area contributed by atoms with Crippen molar-refractivity contribution in [2.24, 2.45) is 0 Å². The summed E-state index contributed by atoms with van der Waals surface area (Å²) in [6.07, 6.45) is 12.2. The number of fused-ring (bicyclic) bond motifs is 1. The number of nitrogens with zero attached hydrogens (tertiary/aromatic N) is 1. The predicted octanol–water partition coefficient (Wildman–Crippen LogP) is 9.30. The molecule has 0 unspecified atom stereocenters. The Morgan fingerprint density at radius 3 is 2.34 bits per heavy atom. The molecule has 1 heterocycles.